The molecule has 1 aliphatic rings. The molecule has 0 radical (unpaired) electrons. The molecule has 0 fully saturated rings. The van der Waals surface area contributed by atoms with Crippen molar-refractivity contribution in [3.8, 4) is 11.5 Å². The summed E-state index contributed by atoms with van der Waals surface area (Å²) in [6, 6.07) is 9.81. The zero-order valence-corrected chi connectivity index (χ0v) is 16.6. The molecule has 30 heavy (non-hydrogen) atoms. The van der Waals surface area contributed by atoms with Crippen LogP contribution in [-0.4, -0.2) is 38.0 Å². The Bertz CT molecular complexity index is 1030. The maximum Gasteiger partial charge on any atom is 0.344 e. The molecule has 7 nitrogen and oxygen atoms in total. The summed E-state index contributed by atoms with van der Waals surface area (Å²) < 4.78 is 20.7. The molecule has 0 spiro atoms. The van der Waals surface area contributed by atoms with Crippen LogP contribution in [0.4, 0.5) is 0 Å². The molecule has 7 heteroatoms. The molecule has 0 aliphatic carbocycles. The molecule has 0 N–H and O–H groups in total. The van der Waals surface area contributed by atoms with Crippen molar-refractivity contribution in [1.82, 2.24) is 0 Å². The molecular formula is C23H20O7. The lowest BCUT2D eigenvalue weighted by Gasteiger charge is -2.08. The largest absolute Gasteiger partial charge is 0.482 e. The third-order valence-electron chi connectivity index (χ3n) is 4.29. The minimum Gasteiger partial charge on any atom is -0.482 e. The van der Waals surface area contributed by atoms with Gasteiger partial charge in [-0.1, -0.05) is 24.8 Å². The first-order chi connectivity index (χ1) is 14.4. The van der Waals surface area contributed by atoms with Gasteiger partial charge in [-0.3, -0.25) is 4.79 Å². The van der Waals surface area contributed by atoms with Crippen molar-refractivity contribution in [2.75, 3.05) is 20.3 Å². The number of hydrogen-bond acceptors (Lipinski definition) is 7. The first-order valence-corrected chi connectivity index (χ1v) is 9.09. The summed E-state index contributed by atoms with van der Waals surface area (Å²) in [5, 5.41) is 0. The molecule has 2 aromatic rings. The summed E-state index contributed by atoms with van der Waals surface area (Å²) in [7, 11) is 1.31. The van der Waals surface area contributed by atoms with Gasteiger partial charge in [0.15, 0.2) is 12.4 Å². The normalized spacial score (nSPS) is 13.4. The van der Waals surface area contributed by atoms with Gasteiger partial charge >= 0.3 is 11.9 Å². The van der Waals surface area contributed by atoms with E-state index in [1.165, 1.54) is 13.2 Å². The number of ketones is 1. The van der Waals surface area contributed by atoms with Crippen molar-refractivity contribution in [1.29, 1.82) is 0 Å². The number of benzene rings is 2. The second kappa shape index (κ2) is 9.09. The number of rotatable bonds is 7. The number of carbonyl (C=O) groups excluding carboxylic acids is 3. The zero-order valence-electron chi connectivity index (χ0n) is 16.6. The van der Waals surface area contributed by atoms with Crippen LogP contribution < -0.4 is 9.47 Å². The topological polar surface area (TPSA) is 88.1 Å². The van der Waals surface area contributed by atoms with E-state index in [0.717, 1.165) is 0 Å². The molecule has 0 atom stereocenters. The lowest BCUT2D eigenvalue weighted by atomic mass is 10.0. The van der Waals surface area contributed by atoms with Crippen LogP contribution in [0.2, 0.25) is 0 Å². The second-order valence-electron chi connectivity index (χ2n) is 6.43. The fourth-order valence-electron chi connectivity index (χ4n) is 2.88. The highest BCUT2D eigenvalue weighted by Crippen LogP contribution is 2.37. The van der Waals surface area contributed by atoms with Crippen molar-refractivity contribution in [2.24, 2.45) is 0 Å². The Morgan fingerprint density at radius 3 is 2.57 bits per heavy atom. The smallest absolute Gasteiger partial charge is 0.344 e. The molecule has 0 saturated heterocycles. The fraction of sp³-hybridized carbons (Fsp3) is 0.174. The number of carbonyl (C=O) groups is 3. The van der Waals surface area contributed by atoms with Crippen molar-refractivity contribution in [2.45, 2.75) is 6.92 Å². The SMILES string of the molecule is C=CCOC(=O)COc1cc(C)c2c(c1)O/C(=C\c1ccc(C(=O)OC)cc1)C2=O. The summed E-state index contributed by atoms with van der Waals surface area (Å²) >= 11 is 0. The van der Waals surface area contributed by atoms with E-state index < -0.39 is 11.9 Å². The molecule has 2 aromatic carbocycles. The van der Waals surface area contributed by atoms with Crippen molar-refractivity contribution < 1.29 is 33.3 Å². The third-order valence-corrected chi connectivity index (χ3v) is 4.29. The summed E-state index contributed by atoms with van der Waals surface area (Å²) in [5.74, 6) is -0.324. The fourth-order valence-corrected chi connectivity index (χ4v) is 2.88. The van der Waals surface area contributed by atoms with E-state index in [9.17, 15) is 14.4 Å². The maximum absolute atomic E-state index is 12.7. The third kappa shape index (κ3) is 4.57. The van der Waals surface area contributed by atoms with Gasteiger partial charge in [-0.2, -0.15) is 0 Å². The van der Waals surface area contributed by atoms with Gasteiger partial charge in [0, 0.05) is 6.07 Å². The quantitative estimate of drug-likeness (QED) is 0.394. The van der Waals surface area contributed by atoms with Crippen LogP contribution in [-0.2, 0) is 14.3 Å². The molecule has 0 bridgehead atoms. The number of allylic oxidation sites excluding steroid dienone is 1. The predicted octanol–water partition coefficient (Wildman–Crippen LogP) is 3.51. The monoisotopic (exact) mass is 408 g/mol. The molecular weight excluding hydrogens is 388 g/mol. The minimum atomic E-state index is -0.527. The number of fused-ring (bicyclic) bond motifs is 1. The molecule has 0 amide bonds. The Morgan fingerprint density at radius 1 is 1.17 bits per heavy atom. The van der Waals surface area contributed by atoms with E-state index in [0.29, 0.717) is 33.8 Å². The van der Waals surface area contributed by atoms with Crippen LogP contribution in [0, 0.1) is 6.92 Å². The number of esters is 2. The molecule has 0 saturated carbocycles. The average Bonchev–Trinajstić information content (AvgIpc) is 3.06. The zero-order chi connectivity index (χ0) is 21.7. The second-order valence-corrected chi connectivity index (χ2v) is 6.43. The molecule has 1 heterocycles. The lowest BCUT2D eigenvalue weighted by Crippen LogP contribution is -2.14. The van der Waals surface area contributed by atoms with Gasteiger partial charge in [0.05, 0.1) is 18.2 Å². The Kier molecular flexibility index (Phi) is 6.32. The van der Waals surface area contributed by atoms with Crippen LogP contribution in [0.25, 0.3) is 6.08 Å². The van der Waals surface area contributed by atoms with Crippen LogP contribution >= 0.6 is 0 Å². The average molecular weight is 408 g/mol. The van der Waals surface area contributed by atoms with E-state index in [1.807, 2.05) is 0 Å². The van der Waals surface area contributed by atoms with Crippen molar-refractivity contribution in [3.63, 3.8) is 0 Å². The van der Waals surface area contributed by atoms with Crippen LogP contribution in [0.3, 0.4) is 0 Å². The molecule has 3 rings (SSSR count). The van der Waals surface area contributed by atoms with Crippen LogP contribution in [0.5, 0.6) is 11.5 Å². The number of Topliss-reactive ketones (excluding diaryl/α,β-unsaturated/α-hetero) is 1. The van der Waals surface area contributed by atoms with E-state index >= 15 is 0 Å². The summed E-state index contributed by atoms with van der Waals surface area (Å²) in [6.45, 7) is 5.07. The maximum atomic E-state index is 12.7. The van der Waals surface area contributed by atoms with E-state index in [1.54, 1.807) is 49.4 Å². The summed E-state index contributed by atoms with van der Waals surface area (Å²) in [4.78, 5) is 35.8. The van der Waals surface area contributed by atoms with Gasteiger partial charge in [-0.25, -0.2) is 9.59 Å². The van der Waals surface area contributed by atoms with Gasteiger partial charge in [-0.05, 0) is 42.3 Å². The lowest BCUT2D eigenvalue weighted by molar-refractivity contribution is -0.144. The molecule has 1 aliphatic heterocycles. The molecule has 0 unspecified atom stereocenters. The first kappa shape index (κ1) is 20.9. The van der Waals surface area contributed by atoms with E-state index in [4.69, 9.17) is 14.2 Å². The Hall–Kier alpha value is -3.87. The Balaban J connectivity index is 1.76. The van der Waals surface area contributed by atoms with E-state index in [2.05, 4.69) is 11.3 Å². The van der Waals surface area contributed by atoms with Gasteiger partial charge in [-0.15, -0.1) is 0 Å². The Labute approximate surface area is 173 Å². The van der Waals surface area contributed by atoms with Crippen LogP contribution in [0.1, 0.15) is 31.8 Å². The highest BCUT2D eigenvalue weighted by atomic mass is 16.6. The number of hydrogen-bond donors (Lipinski definition) is 0. The summed E-state index contributed by atoms with van der Waals surface area (Å²) in [5.41, 5.74) is 2.20. The highest BCUT2D eigenvalue weighted by molar-refractivity contribution is 6.15. The Morgan fingerprint density at radius 2 is 1.90 bits per heavy atom. The highest BCUT2D eigenvalue weighted by Gasteiger charge is 2.30. The van der Waals surface area contributed by atoms with Crippen LogP contribution in [0.15, 0.2) is 54.8 Å². The van der Waals surface area contributed by atoms with E-state index in [-0.39, 0.29) is 24.8 Å². The standard InChI is InChI=1S/C23H20O7/c1-4-9-28-20(24)13-29-17-10-14(2)21-18(12-17)30-19(22(21)25)11-15-5-7-16(8-6-15)23(26)27-3/h4-8,10-12H,1,9,13H2,2-3H3/b19-11-. The molecule has 154 valence electrons. The number of methoxy groups -OCH3 is 1. The predicted molar refractivity (Wildman–Crippen MR) is 109 cm³/mol. The summed E-state index contributed by atoms with van der Waals surface area (Å²) in [6.07, 6.45) is 3.06. The number of ether oxygens (including phenoxy) is 4. The first-order valence-electron chi connectivity index (χ1n) is 9.09. The van der Waals surface area contributed by atoms with Gasteiger partial charge in [0.25, 0.3) is 0 Å². The molecule has 0 aromatic heterocycles. The van der Waals surface area contributed by atoms with Gasteiger partial charge in [0.2, 0.25) is 5.78 Å². The van der Waals surface area contributed by atoms with Crippen molar-refractivity contribution in [3.05, 3.63) is 77.1 Å². The van der Waals surface area contributed by atoms with Gasteiger partial charge in [0.1, 0.15) is 18.1 Å². The number of aryl methyl sites for hydroxylation is 1. The van der Waals surface area contributed by atoms with Crippen molar-refractivity contribution >= 4 is 23.8 Å². The minimum absolute atomic E-state index is 0.109. The van der Waals surface area contributed by atoms with Gasteiger partial charge < -0.3 is 18.9 Å².